The van der Waals surface area contributed by atoms with Crippen LogP contribution in [0.15, 0.2) is 0 Å². The third-order valence-electron chi connectivity index (χ3n) is 3.10. The fourth-order valence-electron chi connectivity index (χ4n) is 1.81. The quantitative estimate of drug-likeness (QED) is 0.611. The number of nitrogens with zero attached hydrogens (tertiary/aromatic N) is 1. The van der Waals surface area contributed by atoms with Gasteiger partial charge in [0.15, 0.2) is 0 Å². The number of piperidine rings is 1. The molecule has 4 N–H and O–H groups in total. The van der Waals surface area contributed by atoms with Crippen molar-refractivity contribution in [3.05, 3.63) is 0 Å². The lowest BCUT2D eigenvalue weighted by atomic mass is 9.79. The van der Waals surface area contributed by atoms with Gasteiger partial charge in [-0.2, -0.15) is 0 Å². The van der Waals surface area contributed by atoms with Crippen LogP contribution in [-0.4, -0.2) is 36.5 Å². The maximum Gasteiger partial charge on any atom is 0.237 e. The fourth-order valence-corrected chi connectivity index (χ4v) is 1.81. The van der Waals surface area contributed by atoms with E-state index >= 15 is 0 Å². The highest BCUT2D eigenvalue weighted by molar-refractivity contribution is 5.84. The van der Waals surface area contributed by atoms with Crippen LogP contribution in [0.5, 0.6) is 0 Å². The summed E-state index contributed by atoms with van der Waals surface area (Å²) in [6.45, 7) is 3.75. The summed E-state index contributed by atoms with van der Waals surface area (Å²) in [6.07, 6.45) is 1.93. The Kier molecular flexibility index (Phi) is 2.93. The molecular formula is C9H19N3O. The van der Waals surface area contributed by atoms with Crippen molar-refractivity contribution in [1.29, 1.82) is 0 Å². The highest BCUT2D eigenvalue weighted by Crippen LogP contribution is 2.25. The highest BCUT2D eigenvalue weighted by atomic mass is 16.1. The summed E-state index contributed by atoms with van der Waals surface area (Å²) in [5, 5.41) is 0. The Balaban J connectivity index is 2.58. The molecule has 1 heterocycles. The number of likely N-dealkylation sites (tertiary alicyclic amines) is 1. The van der Waals surface area contributed by atoms with Gasteiger partial charge in [0.2, 0.25) is 5.91 Å². The van der Waals surface area contributed by atoms with Crippen LogP contribution in [0.3, 0.4) is 0 Å². The van der Waals surface area contributed by atoms with E-state index in [4.69, 9.17) is 11.5 Å². The molecule has 13 heavy (non-hydrogen) atoms. The van der Waals surface area contributed by atoms with Crippen LogP contribution in [0.25, 0.3) is 0 Å². The first-order valence-electron chi connectivity index (χ1n) is 4.72. The summed E-state index contributed by atoms with van der Waals surface area (Å²) in [4.78, 5) is 13.3. The Morgan fingerprint density at radius 1 is 1.46 bits per heavy atom. The van der Waals surface area contributed by atoms with Crippen LogP contribution >= 0.6 is 0 Å². The summed E-state index contributed by atoms with van der Waals surface area (Å²) < 4.78 is 0. The van der Waals surface area contributed by atoms with Crippen LogP contribution in [-0.2, 0) is 4.79 Å². The molecule has 0 aliphatic carbocycles. The Labute approximate surface area is 79.3 Å². The van der Waals surface area contributed by atoms with E-state index in [-0.39, 0.29) is 11.8 Å². The van der Waals surface area contributed by atoms with Crippen molar-refractivity contribution in [2.45, 2.75) is 25.3 Å². The Bertz CT molecular complexity index is 195. The average molecular weight is 185 g/mol. The van der Waals surface area contributed by atoms with Crippen molar-refractivity contribution >= 4 is 5.91 Å². The molecule has 0 aromatic heterocycles. The van der Waals surface area contributed by atoms with Gasteiger partial charge in [-0.3, -0.25) is 4.79 Å². The molecule has 1 unspecified atom stereocenters. The molecule has 0 aromatic carbocycles. The Morgan fingerprint density at radius 2 is 1.92 bits per heavy atom. The summed E-state index contributed by atoms with van der Waals surface area (Å²) in [6, 6.07) is 0. The second-order valence-corrected chi connectivity index (χ2v) is 4.22. The lowest BCUT2D eigenvalue weighted by Crippen LogP contribution is -2.57. The Hall–Kier alpha value is -0.610. The van der Waals surface area contributed by atoms with E-state index in [2.05, 4.69) is 11.9 Å². The second-order valence-electron chi connectivity index (χ2n) is 4.22. The zero-order valence-electron chi connectivity index (χ0n) is 8.42. The van der Waals surface area contributed by atoms with Crippen LogP contribution in [0.2, 0.25) is 0 Å². The van der Waals surface area contributed by atoms with Gasteiger partial charge in [0.05, 0.1) is 5.54 Å². The van der Waals surface area contributed by atoms with Crippen molar-refractivity contribution in [3.8, 4) is 0 Å². The van der Waals surface area contributed by atoms with E-state index in [1.54, 1.807) is 6.92 Å². The predicted octanol–water partition coefficient (Wildman–Crippen LogP) is -0.469. The van der Waals surface area contributed by atoms with E-state index in [1.807, 2.05) is 0 Å². The second kappa shape index (κ2) is 3.64. The largest absolute Gasteiger partial charge is 0.368 e. The average Bonchev–Trinajstić information content (AvgIpc) is 2.04. The molecule has 1 aliphatic rings. The fraction of sp³-hybridized carbons (Fsp3) is 0.889. The van der Waals surface area contributed by atoms with Gasteiger partial charge in [0.1, 0.15) is 0 Å². The van der Waals surface area contributed by atoms with Crippen molar-refractivity contribution in [2.75, 3.05) is 20.1 Å². The van der Waals surface area contributed by atoms with Gasteiger partial charge >= 0.3 is 0 Å². The SMILES string of the molecule is CN1CCC(C(C)(N)C(N)=O)CC1. The van der Waals surface area contributed by atoms with Gasteiger partial charge in [-0.15, -0.1) is 0 Å². The molecule has 0 bridgehead atoms. The normalized spacial score (nSPS) is 25.5. The molecule has 1 atom stereocenters. The third kappa shape index (κ3) is 2.19. The maximum absolute atomic E-state index is 11.1. The molecule has 1 rings (SSSR count). The van der Waals surface area contributed by atoms with Gasteiger partial charge in [-0.25, -0.2) is 0 Å². The molecule has 0 radical (unpaired) electrons. The first-order valence-corrected chi connectivity index (χ1v) is 4.72. The Morgan fingerprint density at radius 3 is 2.31 bits per heavy atom. The first-order chi connectivity index (χ1) is 5.94. The van der Waals surface area contributed by atoms with Crippen molar-refractivity contribution in [3.63, 3.8) is 0 Å². The van der Waals surface area contributed by atoms with E-state index in [1.165, 1.54) is 0 Å². The number of amides is 1. The highest BCUT2D eigenvalue weighted by Gasteiger charge is 2.36. The summed E-state index contributed by atoms with van der Waals surface area (Å²) in [5.74, 6) is -0.150. The number of carbonyl (C=O) groups excluding carboxylic acids is 1. The molecule has 4 heteroatoms. The predicted molar refractivity (Wildman–Crippen MR) is 52.0 cm³/mol. The van der Waals surface area contributed by atoms with Crippen molar-refractivity contribution < 1.29 is 4.79 Å². The van der Waals surface area contributed by atoms with Gasteiger partial charge in [0.25, 0.3) is 0 Å². The summed E-state index contributed by atoms with van der Waals surface area (Å²) in [5.41, 5.74) is 10.3. The number of carbonyl (C=O) groups is 1. The molecular weight excluding hydrogens is 166 g/mol. The molecule has 1 fully saturated rings. The molecule has 1 amide bonds. The van der Waals surface area contributed by atoms with Crippen LogP contribution in [0, 0.1) is 5.92 Å². The van der Waals surface area contributed by atoms with E-state index in [9.17, 15) is 4.79 Å². The van der Waals surface area contributed by atoms with Crippen LogP contribution in [0.1, 0.15) is 19.8 Å². The number of primary amides is 1. The summed E-state index contributed by atoms with van der Waals surface area (Å²) >= 11 is 0. The molecule has 0 saturated carbocycles. The number of rotatable bonds is 2. The monoisotopic (exact) mass is 185 g/mol. The van der Waals surface area contributed by atoms with Gasteiger partial charge in [-0.05, 0) is 45.8 Å². The third-order valence-corrected chi connectivity index (χ3v) is 3.10. The first kappa shape index (κ1) is 10.5. The number of hydrogen-bond acceptors (Lipinski definition) is 3. The van der Waals surface area contributed by atoms with Crippen LogP contribution < -0.4 is 11.5 Å². The van der Waals surface area contributed by atoms with Crippen molar-refractivity contribution in [2.24, 2.45) is 17.4 Å². The molecule has 1 aliphatic heterocycles. The standard InChI is InChI=1S/C9H19N3O/c1-9(11,8(10)13)7-3-5-12(2)6-4-7/h7H,3-6,11H2,1-2H3,(H2,10,13). The topological polar surface area (TPSA) is 72.3 Å². The zero-order valence-corrected chi connectivity index (χ0v) is 8.42. The summed E-state index contributed by atoms with van der Waals surface area (Å²) in [7, 11) is 2.08. The van der Waals surface area contributed by atoms with Crippen molar-refractivity contribution in [1.82, 2.24) is 4.90 Å². The minimum absolute atomic E-state index is 0.237. The van der Waals surface area contributed by atoms with Gasteiger partial charge in [0, 0.05) is 0 Å². The minimum Gasteiger partial charge on any atom is -0.368 e. The number of nitrogens with two attached hydrogens (primary N) is 2. The molecule has 1 saturated heterocycles. The molecule has 76 valence electrons. The minimum atomic E-state index is -0.832. The zero-order chi connectivity index (χ0) is 10.1. The number of hydrogen-bond donors (Lipinski definition) is 2. The van der Waals surface area contributed by atoms with E-state index in [0.717, 1.165) is 25.9 Å². The molecule has 4 nitrogen and oxygen atoms in total. The van der Waals surface area contributed by atoms with Crippen LogP contribution in [0.4, 0.5) is 0 Å². The lowest BCUT2D eigenvalue weighted by molar-refractivity contribution is -0.125. The van der Waals surface area contributed by atoms with E-state index in [0.29, 0.717) is 0 Å². The lowest BCUT2D eigenvalue weighted by Gasteiger charge is -2.37. The van der Waals surface area contributed by atoms with E-state index < -0.39 is 5.54 Å². The molecule has 0 aromatic rings. The van der Waals surface area contributed by atoms with Gasteiger partial charge in [-0.1, -0.05) is 0 Å². The van der Waals surface area contributed by atoms with Gasteiger partial charge < -0.3 is 16.4 Å². The molecule has 0 spiro atoms. The smallest absolute Gasteiger partial charge is 0.237 e. The maximum atomic E-state index is 11.1.